The van der Waals surface area contributed by atoms with E-state index in [-0.39, 0.29) is 18.4 Å². The number of nitrogens with two attached hydrogens (primary N) is 1. The Morgan fingerprint density at radius 2 is 1.71 bits per heavy atom. The van der Waals surface area contributed by atoms with Crippen LogP contribution in [0.2, 0.25) is 0 Å². The van der Waals surface area contributed by atoms with Crippen LogP contribution in [0.4, 0.5) is 21.9 Å². The fraction of sp³-hybridized carbons (Fsp3) is 0.152. The fourth-order valence-corrected chi connectivity index (χ4v) is 5.82. The van der Waals surface area contributed by atoms with Gasteiger partial charge in [0.05, 0.1) is 15.8 Å². The number of carbonyl (C=O) groups is 2. The van der Waals surface area contributed by atoms with Gasteiger partial charge in [-0.1, -0.05) is 52.3 Å². The van der Waals surface area contributed by atoms with Crippen molar-refractivity contribution in [3.05, 3.63) is 112 Å². The minimum Gasteiger partial charge on any atom is -0.506 e. The Morgan fingerprint density at radius 1 is 0.956 bits per heavy atom. The molecule has 0 fully saturated rings. The molecular formula is C33H29Br2N3O7. The lowest BCUT2D eigenvalue weighted by Crippen LogP contribution is -2.31. The zero-order valence-corrected chi connectivity index (χ0v) is 26.9. The molecule has 0 aliphatic carbocycles. The molecule has 0 saturated carbocycles. The molecule has 2 amide bonds. The Kier molecular flexibility index (Phi) is 10.5. The van der Waals surface area contributed by atoms with E-state index in [0.29, 0.717) is 61.7 Å². The molecule has 5 N–H and O–H groups in total. The molecule has 4 aromatic rings. The molecule has 2 atom stereocenters. The summed E-state index contributed by atoms with van der Waals surface area (Å²) in [6, 6.07) is 24.3. The number of phenolic OH excluding ortho intramolecular Hbond substituents is 1. The van der Waals surface area contributed by atoms with E-state index in [1.165, 1.54) is 6.08 Å². The van der Waals surface area contributed by atoms with Crippen LogP contribution in [-0.4, -0.2) is 30.0 Å². The van der Waals surface area contributed by atoms with Crippen molar-refractivity contribution in [3.63, 3.8) is 0 Å². The molecule has 1 aliphatic rings. The zero-order chi connectivity index (χ0) is 31.8. The molecule has 232 valence electrons. The van der Waals surface area contributed by atoms with E-state index in [1.807, 2.05) is 18.2 Å². The number of fused-ring (bicyclic) bond motifs is 1. The predicted octanol–water partition coefficient (Wildman–Crippen LogP) is 7.94. The summed E-state index contributed by atoms with van der Waals surface area (Å²) in [7, 11) is 0. The first-order chi connectivity index (χ1) is 21.8. The van der Waals surface area contributed by atoms with Crippen molar-refractivity contribution in [2.45, 2.75) is 25.0 Å². The number of para-hydroxylation sites is 3. The second kappa shape index (κ2) is 14.9. The van der Waals surface area contributed by atoms with E-state index in [9.17, 15) is 14.7 Å². The number of rotatable bonds is 11. The Hall–Kier alpha value is -4.68. The van der Waals surface area contributed by atoms with Gasteiger partial charge in [-0.15, -0.1) is 0 Å². The van der Waals surface area contributed by atoms with E-state index >= 15 is 0 Å². The number of aromatic hydroxyl groups is 1. The minimum atomic E-state index is -1.08. The number of allylic oxidation sites excluding steroid dienone is 1. The average Bonchev–Trinajstić information content (AvgIpc) is 3.49. The molecule has 0 bridgehead atoms. The number of anilines is 3. The van der Waals surface area contributed by atoms with Crippen molar-refractivity contribution in [3.8, 4) is 23.0 Å². The molecule has 0 aromatic heterocycles. The molecule has 5 rings (SSSR count). The van der Waals surface area contributed by atoms with Crippen LogP contribution in [0.15, 0.2) is 106 Å². The third-order valence-corrected chi connectivity index (χ3v) is 7.75. The monoisotopic (exact) mass is 737 g/mol. The maximum atomic E-state index is 13.3. The number of amides is 2. The van der Waals surface area contributed by atoms with Crippen LogP contribution < -0.4 is 30.6 Å². The number of ether oxygens (including phenoxy) is 4. The van der Waals surface area contributed by atoms with E-state index in [2.05, 4.69) is 42.5 Å². The summed E-state index contributed by atoms with van der Waals surface area (Å²) in [6.45, 7) is 0.0945. The number of halogens is 2. The van der Waals surface area contributed by atoms with Crippen LogP contribution in [0, 0.1) is 0 Å². The molecule has 1 heterocycles. The topological polar surface area (TPSA) is 141 Å². The maximum absolute atomic E-state index is 13.3. The number of nitrogen functional groups attached to an aromatic ring is 1. The molecule has 0 spiro atoms. The molecule has 12 heteroatoms. The summed E-state index contributed by atoms with van der Waals surface area (Å²) in [6.07, 6.45) is 1.11. The highest BCUT2D eigenvalue weighted by Gasteiger charge is 2.32. The van der Waals surface area contributed by atoms with Gasteiger partial charge in [0, 0.05) is 21.8 Å². The lowest BCUT2D eigenvalue weighted by Gasteiger charge is -2.29. The largest absolute Gasteiger partial charge is 0.506 e. The molecule has 45 heavy (non-hydrogen) atoms. The van der Waals surface area contributed by atoms with Crippen molar-refractivity contribution in [2.75, 3.05) is 23.2 Å². The van der Waals surface area contributed by atoms with Gasteiger partial charge >= 0.3 is 6.09 Å². The van der Waals surface area contributed by atoms with Crippen LogP contribution in [0.5, 0.6) is 23.0 Å². The fourth-order valence-electron chi connectivity index (χ4n) is 4.56. The molecule has 4 aromatic carbocycles. The standard InChI is InChI=1S/C33H29Br2N3O7/c34-20-16-23(31(40)24(35)17-20)32(45-33(41)37-21-14-15-27-29(18-21)43-19-42-27)28(44-22-8-2-1-3-9-22)12-6-7-13-30(39)38-26-11-5-4-10-25(26)36/h1-5,7-11,13-18,28,32,40H,6,12,19,36H2,(H,37,41)(H,38,39)/b13-7+/t28-,32-/m1/s1. The van der Waals surface area contributed by atoms with Crippen LogP contribution in [0.25, 0.3) is 0 Å². The second-order valence-corrected chi connectivity index (χ2v) is 11.6. The van der Waals surface area contributed by atoms with E-state index in [1.54, 1.807) is 72.8 Å². The predicted molar refractivity (Wildman–Crippen MR) is 178 cm³/mol. The van der Waals surface area contributed by atoms with Gasteiger partial charge in [-0.25, -0.2) is 4.79 Å². The molecule has 1 aliphatic heterocycles. The summed E-state index contributed by atoms with van der Waals surface area (Å²) in [5, 5.41) is 16.5. The van der Waals surface area contributed by atoms with Crippen molar-refractivity contribution in [1.82, 2.24) is 0 Å². The first-order valence-corrected chi connectivity index (χ1v) is 15.4. The van der Waals surface area contributed by atoms with Gasteiger partial charge in [0.1, 0.15) is 17.6 Å². The summed E-state index contributed by atoms with van der Waals surface area (Å²) < 4.78 is 24.1. The number of benzene rings is 4. The van der Waals surface area contributed by atoms with Crippen molar-refractivity contribution in [1.29, 1.82) is 0 Å². The average molecular weight is 739 g/mol. The van der Waals surface area contributed by atoms with Gasteiger partial charge in [0.2, 0.25) is 12.7 Å². The first kappa shape index (κ1) is 31.7. The smallest absolute Gasteiger partial charge is 0.412 e. The van der Waals surface area contributed by atoms with E-state index < -0.39 is 18.3 Å². The summed E-state index contributed by atoms with van der Waals surface area (Å²) in [5.74, 6) is 1.13. The zero-order valence-electron chi connectivity index (χ0n) is 23.7. The number of nitrogens with one attached hydrogen (secondary N) is 2. The number of hydrogen-bond donors (Lipinski definition) is 4. The highest BCUT2D eigenvalue weighted by Crippen LogP contribution is 2.40. The normalized spacial score (nSPS) is 13.2. The Balaban J connectivity index is 1.39. The quantitative estimate of drug-likeness (QED) is 0.0898. The van der Waals surface area contributed by atoms with Gasteiger partial charge < -0.3 is 35.1 Å². The summed E-state index contributed by atoms with van der Waals surface area (Å²) in [5.41, 5.74) is 7.62. The lowest BCUT2D eigenvalue weighted by atomic mass is 9.99. The van der Waals surface area contributed by atoms with Gasteiger partial charge in [-0.2, -0.15) is 0 Å². The van der Waals surface area contributed by atoms with Crippen molar-refractivity contribution in [2.24, 2.45) is 0 Å². The van der Waals surface area contributed by atoms with E-state index in [4.69, 9.17) is 24.7 Å². The lowest BCUT2D eigenvalue weighted by molar-refractivity contribution is -0.111. The maximum Gasteiger partial charge on any atom is 0.412 e. The van der Waals surface area contributed by atoms with Crippen LogP contribution in [0.1, 0.15) is 24.5 Å². The number of hydrogen-bond acceptors (Lipinski definition) is 8. The summed E-state index contributed by atoms with van der Waals surface area (Å²) in [4.78, 5) is 25.9. The van der Waals surface area contributed by atoms with Crippen LogP contribution >= 0.6 is 31.9 Å². The third kappa shape index (κ3) is 8.49. The van der Waals surface area contributed by atoms with Crippen LogP contribution in [-0.2, 0) is 9.53 Å². The van der Waals surface area contributed by atoms with Crippen molar-refractivity contribution < 1.29 is 33.6 Å². The molecule has 0 radical (unpaired) electrons. The van der Waals surface area contributed by atoms with Gasteiger partial charge in [-0.3, -0.25) is 10.1 Å². The highest BCUT2D eigenvalue weighted by atomic mass is 79.9. The van der Waals surface area contributed by atoms with Gasteiger partial charge in [-0.05, 0) is 83.4 Å². The Morgan fingerprint density at radius 3 is 2.51 bits per heavy atom. The summed E-state index contributed by atoms with van der Waals surface area (Å²) >= 11 is 6.84. The SMILES string of the molecule is Nc1ccccc1NC(=O)/C=C/CC[C@@H](Oc1ccccc1)[C@H](OC(=O)Nc1ccc2c(c1)OCO2)c1cc(Br)cc(Br)c1O. The molecule has 10 nitrogen and oxygen atoms in total. The molecule has 0 saturated heterocycles. The third-order valence-electron chi connectivity index (χ3n) is 6.69. The minimum absolute atomic E-state index is 0.0945. The Labute approximate surface area is 276 Å². The molecule has 0 unspecified atom stereocenters. The first-order valence-electron chi connectivity index (χ1n) is 13.9. The van der Waals surface area contributed by atoms with Gasteiger partial charge in [0.15, 0.2) is 17.6 Å². The van der Waals surface area contributed by atoms with Gasteiger partial charge in [0.25, 0.3) is 0 Å². The Bertz CT molecular complexity index is 1700. The second-order valence-electron chi connectivity index (χ2n) is 9.87. The molecular weight excluding hydrogens is 710 g/mol. The van der Waals surface area contributed by atoms with Crippen LogP contribution in [0.3, 0.4) is 0 Å². The number of phenols is 1. The van der Waals surface area contributed by atoms with E-state index in [0.717, 1.165) is 0 Å². The number of carbonyl (C=O) groups excluding carboxylic acids is 2. The highest BCUT2D eigenvalue weighted by molar-refractivity contribution is 9.11. The van der Waals surface area contributed by atoms with Crippen molar-refractivity contribution >= 4 is 60.9 Å².